The summed E-state index contributed by atoms with van der Waals surface area (Å²) in [5.74, 6) is -0.494. The van der Waals surface area contributed by atoms with Gasteiger partial charge in [-0.25, -0.2) is 0 Å². The van der Waals surface area contributed by atoms with Crippen LogP contribution in [0.1, 0.15) is 32.3 Å². The predicted octanol–water partition coefficient (Wildman–Crippen LogP) is 2.56. The summed E-state index contributed by atoms with van der Waals surface area (Å²) in [7, 11) is 0. The van der Waals surface area contributed by atoms with E-state index < -0.39 is 5.91 Å². The molecule has 2 N–H and O–H groups in total. The molecular formula is C16H22N2O2. The molecule has 1 rings (SSSR count). The van der Waals surface area contributed by atoms with Gasteiger partial charge in [0.25, 0.3) is 5.91 Å². The third-order valence-corrected chi connectivity index (χ3v) is 2.99. The van der Waals surface area contributed by atoms with Gasteiger partial charge >= 0.3 is 0 Å². The van der Waals surface area contributed by atoms with Gasteiger partial charge in [0.05, 0.1) is 0 Å². The molecular weight excluding hydrogens is 252 g/mol. The molecule has 0 fully saturated rings. The lowest BCUT2D eigenvalue weighted by atomic mass is 10.1. The van der Waals surface area contributed by atoms with Crippen molar-refractivity contribution in [3.05, 3.63) is 41.5 Å². The average Bonchev–Trinajstić information content (AvgIpc) is 2.38. The van der Waals surface area contributed by atoms with Crippen molar-refractivity contribution in [3.8, 4) is 0 Å². The van der Waals surface area contributed by atoms with Gasteiger partial charge in [0.1, 0.15) is 0 Å². The van der Waals surface area contributed by atoms with Crippen molar-refractivity contribution in [2.24, 2.45) is 5.73 Å². The molecule has 0 heterocycles. The molecule has 4 heteroatoms. The fourth-order valence-electron chi connectivity index (χ4n) is 1.97. The van der Waals surface area contributed by atoms with Crippen LogP contribution in [0.5, 0.6) is 0 Å². The number of hydrogen-bond acceptors (Lipinski definition) is 2. The summed E-state index contributed by atoms with van der Waals surface area (Å²) in [5, 5.41) is 0. The fraction of sp³-hybridized carbons (Fsp3) is 0.375. The number of rotatable bonds is 6. The van der Waals surface area contributed by atoms with Crippen molar-refractivity contribution in [2.75, 3.05) is 11.4 Å². The fourth-order valence-corrected chi connectivity index (χ4v) is 1.97. The van der Waals surface area contributed by atoms with E-state index in [1.165, 1.54) is 0 Å². The molecule has 1 aromatic rings. The van der Waals surface area contributed by atoms with E-state index in [9.17, 15) is 9.59 Å². The summed E-state index contributed by atoms with van der Waals surface area (Å²) < 4.78 is 0. The summed E-state index contributed by atoms with van der Waals surface area (Å²) in [5.41, 5.74) is 7.73. The Morgan fingerprint density at radius 1 is 1.35 bits per heavy atom. The van der Waals surface area contributed by atoms with E-state index in [2.05, 4.69) is 0 Å². The van der Waals surface area contributed by atoms with Gasteiger partial charge < -0.3 is 10.6 Å². The maximum atomic E-state index is 12.5. The number of carbonyl (C=O) groups is 2. The van der Waals surface area contributed by atoms with E-state index in [0.29, 0.717) is 12.1 Å². The van der Waals surface area contributed by atoms with E-state index in [-0.39, 0.29) is 12.3 Å². The molecule has 2 amide bonds. The molecule has 20 heavy (non-hydrogen) atoms. The van der Waals surface area contributed by atoms with Crippen LogP contribution < -0.4 is 10.6 Å². The minimum Gasteiger partial charge on any atom is -0.370 e. The number of primary amides is 1. The monoisotopic (exact) mass is 274 g/mol. The number of hydrogen-bond donors (Lipinski definition) is 1. The van der Waals surface area contributed by atoms with E-state index in [1.807, 2.05) is 44.2 Å². The minimum atomic E-state index is -0.410. The van der Waals surface area contributed by atoms with Crippen molar-refractivity contribution in [2.45, 2.75) is 33.6 Å². The molecule has 1 aromatic carbocycles. The van der Waals surface area contributed by atoms with Crippen molar-refractivity contribution < 1.29 is 9.59 Å². The lowest BCUT2D eigenvalue weighted by Crippen LogP contribution is -2.34. The Kier molecular flexibility index (Phi) is 5.97. The van der Waals surface area contributed by atoms with Gasteiger partial charge in [-0.15, -0.1) is 0 Å². The molecule has 0 saturated carbocycles. The Morgan fingerprint density at radius 2 is 2.05 bits per heavy atom. The van der Waals surface area contributed by atoms with Gasteiger partial charge in [-0.05, 0) is 38.0 Å². The van der Waals surface area contributed by atoms with Gasteiger partial charge in [0.15, 0.2) is 0 Å². The number of allylic oxidation sites excluding steroid dienone is 1. The summed E-state index contributed by atoms with van der Waals surface area (Å²) in [6.45, 7) is 6.04. The molecule has 0 saturated heterocycles. The molecule has 0 atom stereocenters. The predicted molar refractivity (Wildman–Crippen MR) is 81.4 cm³/mol. The van der Waals surface area contributed by atoms with E-state index in [4.69, 9.17) is 5.73 Å². The molecule has 0 bridgehead atoms. The van der Waals surface area contributed by atoms with Crippen molar-refractivity contribution >= 4 is 17.5 Å². The zero-order chi connectivity index (χ0) is 15.1. The van der Waals surface area contributed by atoms with Crippen molar-refractivity contribution in [1.82, 2.24) is 0 Å². The number of anilines is 1. The first-order chi connectivity index (χ1) is 9.45. The highest BCUT2D eigenvalue weighted by atomic mass is 16.2. The number of nitrogens with zero attached hydrogens (tertiary/aromatic N) is 1. The van der Waals surface area contributed by atoms with Gasteiger partial charge in [0.2, 0.25) is 5.91 Å². The Labute approximate surface area is 120 Å². The molecule has 0 aliphatic carbocycles. The first kappa shape index (κ1) is 16.0. The Morgan fingerprint density at radius 3 is 2.60 bits per heavy atom. The summed E-state index contributed by atoms with van der Waals surface area (Å²) in [6, 6.07) is 7.66. The van der Waals surface area contributed by atoms with Crippen LogP contribution in [0.25, 0.3) is 0 Å². The molecule has 0 aliphatic rings. The molecule has 0 spiro atoms. The van der Waals surface area contributed by atoms with E-state index in [1.54, 1.807) is 11.8 Å². The van der Waals surface area contributed by atoms with E-state index in [0.717, 1.165) is 17.7 Å². The van der Waals surface area contributed by atoms with Crippen LogP contribution in [-0.2, 0) is 9.59 Å². The zero-order valence-electron chi connectivity index (χ0n) is 12.3. The maximum Gasteiger partial charge on any atom is 0.253 e. The van der Waals surface area contributed by atoms with Gasteiger partial charge in [-0.2, -0.15) is 0 Å². The summed E-state index contributed by atoms with van der Waals surface area (Å²) >= 11 is 0. The van der Waals surface area contributed by atoms with Crippen molar-refractivity contribution in [3.63, 3.8) is 0 Å². The minimum absolute atomic E-state index is 0.0845. The standard InChI is InChI=1S/C16H22N2O2/c1-4-6-13(3)16(20)18(10-9-15(17)19)14-8-5-7-12(2)11-14/h5-8,11H,4,9-10H2,1-3H3,(H2,17,19)/b13-6-. The molecule has 108 valence electrons. The van der Waals surface area contributed by atoms with Crippen LogP contribution >= 0.6 is 0 Å². The summed E-state index contributed by atoms with van der Waals surface area (Å²) in [4.78, 5) is 25.1. The third-order valence-electron chi connectivity index (χ3n) is 2.99. The highest BCUT2D eigenvalue weighted by Gasteiger charge is 2.17. The number of benzene rings is 1. The SMILES string of the molecule is CC/C=C(/C)C(=O)N(CCC(N)=O)c1cccc(C)c1. The summed E-state index contributed by atoms with van der Waals surface area (Å²) in [6.07, 6.45) is 2.84. The lowest BCUT2D eigenvalue weighted by Gasteiger charge is -2.23. The molecule has 0 unspecified atom stereocenters. The second-order valence-corrected chi connectivity index (χ2v) is 4.81. The number of amides is 2. The molecule has 0 aliphatic heterocycles. The number of nitrogens with two attached hydrogens (primary N) is 1. The van der Waals surface area contributed by atoms with Crippen LogP contribution in [-0.4, -0.2) is 18.4 Å². The largest absolute Gasteiger partial charge is 0.370 e. The zero-order valence-corrected chi connectivity index (χ0v) is 12.3. The first-order valence-electron chi connectivity index (χ1n) is 6.79. The molecule has 0 radical (unpaired) electrons. The second kappa shape index (κ2) is 7.48. The van der Waals surface area contributed by atoms with Gasteiger partial charge in [-0.1, -0.05) is 25.1 Å². The van der Waals surface area contributed by atoms with Crippen molar-refractivity contribution in [1.29, 1.82) is 0 Å². The van der Waals surface area contributed by atoms with Crippen LogP contribution in [0, 0.1) is 6.92 Å². The van der Waals surface area contributed by atoms with E-state index >= 15 is 0 Å². The third kappa shape index (κ3) is 4.53. The van der Waals surface area contributed by atoms with Gasteiger partial charge in [-0.3, -0.25) is 9.59 Å². The normalized spacial score (nSPS) is 11.2. The Bertz CT molecular complexity index is 521. The van der Waals surface area contributed by atoms with Crippen LogP contribution in [0.2, 0.25) is 0 Å². The van der Waals surface area contributed by atoms with Crippen LogP contribution in [0.4, 0.5) is 5.69 Å². The van der Waals surface area contributed by atoms with Gasteiger partial charge in [0, 0.05) is 24.2 Å². The average molecular weight is 274 g/mol. The highest BCUT2D eigenvalue weighted by Crippen LogP contribution is 2.18. The van der Waals surface area contributed by atoms with Crippen LogP contribution in [0.15, 0.2) is 35.9 Å². The number of aryl methyl sites for hydroxylation is 1. The Hall–Kier alpha value is -2.10. The topological polar surface area (TPSA) is 63.4 Å². The second-order valence-electron chi connectivity index (χ2n) is 4.81. The number of carbonyl (C=O) groups excluding carboxylic acids is 2. The quantitative estimate of drug-likeness (QED) is 0.810. The maximum absolute atomic E-state index is 12.5. The lowest BCUT2D eigenvalue weighted by molar-refractivity contribution is -0.118. The first-order valence-corrected chi connectivity index (χ1v) is 6.79. The molecule has 0 aromatic heterocycles. The highest BCUT2D eigenvalue weighted by molar-refractivity contribution is 6.05. The molecule has 4 nitrogen and oxygen atoms in total. The van der Waals surface area contributed by atoms with Crippen LogP contribution in [0.3, 0.4) is 0 Å². The smallest absolute Gasteiger partial charge is 0.253 e. The Balaban J connectivity index is 3.04.